The van der Waals surface area contributed by atoms with Crippen LogP contribution in [0.4, 0.5) is 0 Å². The zero-order chi connectivity index (χ0) is 13.9. The zero-order valence-electron chi connectivity index (χ0n) is 10.6. The molecule has 0 aliphatic heterocycles. The number of pyridine rings is 1. The van der Waals surface area contributed by atoms with Crippen LogP contribution in [0.2, 0.25) is 0 Å². The van der Waals surface area contributed by atoms with E-state index < -0.39 is 17.4 Å². The Hall–Kier alpha value is -2.11. The molecule has 6 heteroatoms. The van der Waals surface area contributed by atoms with Gasteiger partial charge in [0.1, 0.15) is 0 Å². The van der Waals surface area contributed by atoms with Gasteiger partial charge in [0.2, 0.25) is 0 Å². The second kappa shape index (κ2) is 5.03. The van der Waals surface area contributed by atoms with E-state index in [4.69, 9.17) is 5.11 Å². The lowest BCUT2D eigenvalue weighted by atomic mass is 10.0. The summed E-state index contributed by atoms with van der Waals surface area (Å²) in [6, 6.07) is 2.72. The van der Waals surface area contributed by atoms with Crippen molar-refractivity contribution >= 4 is 11.9 Å². The van der Waals surface area contributed by atoms with E-state index in [-0.39, 0.29) is 17.5 Å². The lowest BCUT2D eigenvalue weighted by Gasteiger charge is -2.24. The van der Waals surface area contributed by atoms with Crippen LogP contribution in [-0.4, -0.2) is 27.1 Å². The lowest BCUT2D eigenvalue weighted by molar-refractivity contribution is -0.138. The van der Waals surface area contributed by atoms with E-state index in [9.17, 15) is 14.4 Å². The number of carbonyl (C=O) groups excluding carboxylic acids is 1. The van der Waals surface area contributed by atoms with Crippen LogP contribution in [0, 0.1) is 0 Å². The number of nitrogens with one attached hydrogen (secondary N) is 1. The molecule has 0 spiro atoms. The average Bonchev–Trinajstić information content (AvgIpc) is 2.19. The smallest absolute Gasteiger partial charge is 0.305 e. The van der Waals surface area contributed by atoms with Crippen LogP contribution in [0.15, 0.2) is 23.1 Å². The highest BCUT2D eigenvalue weighted by Crippen LogP contribution is 2.09. The maximum Gasteiger partial charge on any atom is 0.305 e. The molecule has 1 aromatic rings. The van der Waals surface area contributed by atoms with Crippen molar-refractivity contribution in [3.8, 4) is 0 Å². The first-order chi connectivity index (χ1) is 8.21. The Morgan fingerprint density at radius 3 is 2.56 bits per heavy atom. The third-order valence-electron chi connectivity index (χ3n) is 2.41. The van der Waals surface area contributed by atoms with E-state index in [0.717, 1.165) is 0 Å². The number of carboxylic acids is 1. The fraction of sp³-hybridized carbons (Fsp3) is 0.417. The summed E-state index contributed by atoms with van der Waals surface area (Å²) < 4.78 is 1.35. The maximum absolute atomic E-state index is 11.9. The first-order valence-corrected chi connectivity index (χ1v) is 5.42. The Kier molecular flexibility index (Phi) is 3.90. The third kappa shape index (κ3) is 3.73. The molecule has 0 unspecified atom stereocenters. The monoisotopic (exact) mass is 252 g/mol. The summed E-state index contributed by atoms with van der Waals surface area (Å²) in [5.41, 5.74) is -0.945. The number of rotatable bonds is 4. The largest absolute Gasteiger partial charge is 0.481 e. The molecule has 0 aliphatic carbocycles. The molecule has 0 aromatic carbocycles. The number of aliphatic carboxylic acids is 1. The Bertz CT molecular complexity index is 531. The second-order valence-corrected chi connectivity index (χ2v) is 4.77. The van der Waals surface area contributed by atoms with Gasteiger partial charge in [-0.3, -0.25) is 14.4 Å². The van der Waals surface area contributed by atoms with Crippen molar-refractivity contribution in [3.63, 3.8) is 0 Å². The summed E-state index contributed by atoms with van der Waals surface area (Å²) in [4.78, 5) is 33.9. The quantitative estimate of drug-likeness (QED) is 0.810. The van der Waals surface area contributed by atoms with Gasteiger partial charge in [-0.15, -0.1) is 0 Å². The summed E-state index contributed by atoms with van der Waals surface area (Å²) in [6.45, 7) is 3.22. The van der Waals surface area contributed by atoms with Gasteiger partial charge in [-0.1, -0.05) is 0 Å². The fourth-order valence-corrected chi connectivity index (χ4v) is 1.49. The second-order valence-electron chi connectivity index (χ2n) is 4.77. The molecule has 98 valence electrons. The van der Waals surface area contributed by atoms with Crippen LogP contribution in [0.5, 0.6) is 0 Å². The third-order valence-corrected chi connectivity index (χ3v) is 2.41. The van der Waals surface area contributed by atoms with Gasteiger partial charge in [0.15, 0.2) is 0 Å². The molecule has 2 N–H and O–H groups in total. The first kappa shape index (κ1) is 14.0. The Morgan fingerprint density at radius 1 is 1.44 bits per heavy atom. The average molecular weight is 252 g/mol. The van der Waals surface area contributed by atoms with Crippen molar-refractivity contribution < 1.29 is 14.7 Å². The first-order valence-electron chi connectivity index (χ1n) is 5.42. The van der Waals surface area contributed by atoms with Crippen molar-refractivity contribution in [3.05, 3.63) is 34.2 Å². The molecule has 0 fully saturated rings. The van der Waals surface area contributed by atoms with Gasteiger partial charge in [-0.25, -0.2) is 0 Å². The lowest BCUT2D eigenvalue weighted by Crippen LogP contribution is -2.45. The van der Waals surface area contributed by atoms with Crippen LogP contribution in [0.25, 0.3) is 0 Å². The molecule has 0 saturated carbocycles. The minimum absolute atomic E-state index is 0.191. The molecule has 1 aromatic heterocycles. The number of carbonyl (C=O) groups is 2. The highest BCUT2D eigenvalue weighted by molar-refractivity contribution is 5.94. The summed E-state index contributed by atoms with van der Waals surface area (Å²) in [7, 11) is 1.58. The molecule has 0 aliphatic rings. The van der Waals surface area contributed by atoms with Crippen molar-refractivity contribution in [2.75, 3.05) is 0 Å². The highest BCUT2D eigenvalue weighted by Gasteiger charge is 2.24. The SMILES string of the molecule is Cn1ccc(C(=O)NC(C)(C)CC(=O)O)cc1=O. The summed E-state index contributed by atoms with van der Waals surface area (Å²) in [5, 5.41) is 11.3. The number of hydrogen-bond acceptors (Lipinski definition) is 3. The fourth-order valence-electron chi connectivity index (χ4n) is 1.49. The van der Waals surface area contributed by atoms with Crippen molar-refractivity contribution in [2.24, 2.45) is 7.05 Å². The van der Waals surface area contributed by atoms with Crippen molar-refractivity contribution in [1.82, 2.24) is 9.88 Å². The van der Waals surface area contributed by atoms with E-state index in [1.54, 1.807) is 20.9 Å². The number of carboxylic acid groups (broad SMARTS) is 1. The summed E-state index contributed by atoms with van der Waals surface area (Å²) >= 11 is 0. The van der Waals surface area contributed by atoms with Gasteiger partial charge in [0.25, 0.3) is 11.5 Å². The van der Waals surface area contributed by atoms with Gasteiger partial charge >= 0.3 is 5.97 Å². The molecule has 1 amide bonds. The standard InChI is InChI=1S/C12H16N2O4/c1-12(2,7-10(16)17)13-11(18)8-4-5-14(3)9(15)6-8/h4-6H,7H2,1-3H3,(H,13,18)(H,16,17). The van der Waals surface area contributed by atoms with Crippen molar-refractivity contribution in [2.45, 2.75) is 25.8 Å². The molecular formula is C12H16N2O4. The summed E-state index contributed by atoms with van der Waals surface area (Å²) in [6.07, 6.45) is 1.30. The predicted molar refractivity (Wildman–Crippen MR) is 65.5 cm³/mol. The number of amides is 1. The normalized spacial score (nSPS) is 11.1. The van der Waals surface area contributed by atoms with E-state index in [1.165, 1.54) is 22.9 Å². The number of hydrogen-bond donors (Lipinski definition) is 2. The number of aryl methyl sites for hydroxylation is 1. The van der Waals surface area contributed by atoms with Crippen LogP contribution in [0.3, 0.4) is 0 Å². The predicted octanol–water partition coefficient (Wildman–Crippen LogP) is 0.368. The van der Waals surface area contributed by atoms with E-state index in [0.29, 0.717) is 0 Å². The van der Waals surface area contributed by atoms with E-state index in [1.807, 2.05) is 0 Å². The maximum atomic E-state index is 11.9. The van der Waals surface area contributed by atoms with Crippen LogP contribution in [0.1, 0.15) is 30.6 Å². The van der Waals surface area contributed by atoms with Gasteiger partial charge in [0.05, 0.1) is 6.42 Å². The molecular weight excluding hydrogens is 236 g/mol. The van der Waals surface area contributed by atoms with Crippen LogP contribution >= 0.6 is 0 Å². The summed E-state index contributed by atoms with van der Waals surface area (Å²) in [5.74, 6) is -1.46. The van der Waals surface area contributed by atoms with Gasteiger partial charge < -0.3 is 15.0 Å². The molecule has 1 heterocycles. The highest BCUT2D eigenvalue weighted by atomic mass is 16.4. The van der Waals surface area contributed by atoms with Gasteiger partial charge in [0, 0.05) is 30.4 Å². The minimum Gasteiger partial charge on any atom is -0.481 e. The zero-order valence-corrected chi connectivity index (χ0v) is 10.6. The number of nitrogens with zero attached hydrogens (tertiary/aromatic N) is 1. The Balaban J connectivity index is 2.85. The molecule has 0 bridgehead atoms. The van der Waals surface area contributed by atoms with Crippen LogP contribution in [-0.2, 0) is 11.8 Å². The van der Waals surface area contributed by atoms with E-state index in [2.05, 4.69) is 5.32 Å². The Labute approximate surface area is 104 Å². The molecule has 0 radical (unpaired) electrons. The van der Waals surface area contributed by atoms with E-state index >= 15 is 0 Å². The molecule has 1 rings (SSSR count). The topological polar surface area (TPSA) is 88.4 Å². The van der Waals surface area contributed by atoms with Crippen molar-refractivity contribution in [1.29, 1.82) is 0 Å². The number of aromatic nitrogens is 1. The molecule has 0 atom stereocenters. The molecule has 6 nitrogen and oxygen atoms in total. The minimum atomic E-state index is -0.996. The Morgan fingerprint density at radius 2 is 2.06 bits per heavy atom. The molecule has 18 heavy (non-hydrogen) atoms. The van der Waals surface area contributed by atoms with Crippen LogP contribution < -0.4 is 10.9 Å². The van der Waals surface area contributed by atoms with Gasteiger partial charge in [-0.2, -0.15) is 0 Å². The van der Waals surface area contributed by atoms with Gasteiger partial charge in [-0.05, 0) is 19.9 Å². The molecule has 0 saturated heterocycles.